The number of aromatic nitrogens is 1. The quantitative estimate of drug-likeness (QED) is 0.458. The Morgan fingerprint density at radius 3 is 2.75 bits per heavy atom. The number of carbonyl (C=O) groups is 2. The molecule has 28 heavy (non-hydrogen) atoms. The number of halogens is 2. The smallest absolute Gasteiger partial charge is 0.293 e. The zero-order chi connectivity index (χ0) is 19.7. The normalized spacial score (nSPS) is 18.7. The van der Waals surface area contributed by atoms with Crippen molar-refractivity contribution in [3.8, 4) is 0 Å². The van der Waals surface area contributed by atoms with Gasteiger partial charge in [-0.15, -0.1) is 11.6 Å². The average molecular weight is 462 g/mol. The van der Waals surface area contributed by atoms with Gasteiger partial charge in [-0.3, -0.25) is 9.59 Å². The summed E-state index contributed by atoms with van der Waals surface area (Å²) in [6.07, 6.45) is 0.580. The summed E-state index contributed by atoms with van der Waals surface area (Å²) in [7, 11) is 0. The molecule has 1 aliphatic rings. The first-order chi connectivity index (χ1) is 13.7. The van der Waals surface area contributed by atoms with Crippen molar-refractivity contribution in [1.29, 1.82) is 0 Å². The molecule has 2 heterocycles. The van der Waals surface area contributed by atoms with E-state index in [0.29, 0.717) is 12.9 Å². The molecule has 5 nitrogen and oxygen atoms in total. The van der Waals surface area contributed by atoms with E-state index in [1.165, 1.54) is 0 Å². The second-order valence-corrected chi connectivity index (χ2v) is 7.83. The number of rotatable bonds is 5. The van der Waals surface area contributed by atoms with Crippen molar-refractivity contribution in [3.05, 3.63) is 69.8 Å². The van der Waals surface area contributed by atoms with E-state index in [1.807, 2.05) is 42.5 Å². The van der Waals surface area contributed by atoms with Crippen molar-refractivity contribution < 1.29 is 14.3 Å². The summed E-state index contributed by atoms with van der Waals surface area (Å²) in [6, 6.07) is 15.2. The fourth-order valence-electron chi connectivity index (χ4n) is 4.07. The van der Waals surface area contributed by atoms with Crippen LogP contribution in [0.1, 0.15) is 22.9 Å². The average Bonchev–Trinajstić information content (AvgIpc) is 3.09. The van der Waals surface area contributed by atoms with Crippen molar-refractivity contribution in [1.82, 2.24) is 9.88 Å². The summed E-state index contributed by atoms with van der Waals surface area (Å²) in [4.78, 5) is 29.0. The van der Waals surface area contributed by atoms with Gasteiger partial charge in [0.25, 0.3) is 6.47 Å². The van der Waals surface area contributed by atoms with Crippen LogP contribution in [0.4, 0.5) is 0 Å². The Hall–Kier alpha value is -2.31. The van der Waals surface area contributed by atoms with Crippen LogP contribution < -0.4 is 0 Å². The molecule has 0 radical (unpaired) electrons. The predicted molar refractivity (Wildman–Crippen MR) is 111 cm³/mol. The molecule has 1 aromatic heterocycles. The molecule has 3 aromatic rings. The van der Waals surface area contributed by atoms with Gasteiger partial charge in [0.1, 0.15) is 12.5 Å². The van der Waals surface area contributed by atoms with Gasteiger partial charge in [-0.2, -0.15) is 0 Å². The van der Waals surface area contributed by atoms with Gasteiger partial charge in [0.15, 0.2) is 0 Å². The van der Waals surface area contributed by atoms with Crippen molar-refractivity contribution in [2.45, 2.75) is 18.5 Å². The number of nitrogens with one attached hydrogen (secondary N) is 1. The van der Waals surface area contributed by atoms with E-state index in [1.54, 1.807) is 4.90 Å². The molecule has 2 aromatic carbocycles. The molecule has 7 heteroatoms. The van der Waals surface area contributed by atoms with E-state index in [9.17, 15) is 9.59 Å². The molecule has 2 atom stereocenters. The van der Waals surface area contributed by atoms with E-state index < -0.39 is 0 Å². The van der Waals surface area contributed by atoms with Crippen LogP contribution in [0.25, 0.3) is 10.9 Å². The highest BCUT2D eigenvalue weighted by atomic mass is 79.9. The minimum Gasteiger partial charge on any atom is -0.466 e. The summed E-state index contributed by atoms with van der Waals surface area (Å²) < 4.78 is 5.97. The van der Waals surface area contributed by atoms with Gasteiger partial charge in [-0.25, -0.2) is 0 Å². The van der Waals surface area contributed by atoms with Crippen LogP contribution in [0.15, 0.2) is 53.0 Å². The van der Waals surface area contributed by atoms with Gasteiger partial charge in [-0.05, 0) is 29.7 Å². The largest absolute Gasteiger partial charge is 0.466 e. The minimum atomic E-state index is -0.363. The van der Waals surface area contributed by atoms with Gasteiger partial charge in [0.05, 0.1) is 12.1 Å². The standard InChI is InChI=1S/C21H18BrClN2O3/c22-17-7-3-1-6-15(17)21-20-16(14-5-2-4-8-18(14)24-20)9-13(11-28-12-26)25(21)19(27)10-23/h1-8,12-13,21,24H,9-11H2/t13-,21+/m1/s1. The number of benzene rings is 2. The van der Waals surface area contributed by atoms with Crippen LogP contribution in [0, 0.1) is 0 Å². The fraction of sp³-hybridized carbons (Fsp3) is 0.238. The number of aromatic amines is 1. The number of H-pyrrole nitrogens is 1. The number of hydrogen-bond acceptors (Lipinski definition) is 3. The maximum Gasteiger partial charge on any atom is 0.293 e. The first-order valence-corrected chi connectivity index (χ1v) is 10.2. The van der Waals surface area contributed by atoms with Gasteiger partial charge in [-0.1, -0.05) is 52.3 Å². The Labute approximate surface area is 175 Å². The zero-order valence-electron chi connectivity index (χ0n) is 14.9. The fourth-order valence-corrected chi connectivity index (χ4v) is 4.71. The van der Waals surface area contributed by atoms with E-state index >= 15 is 0 Å². The van der Waals surface area contributed by atoms with Crippen molar-refractivity contribution in [2.75, 3.05) is 12.5 Å². The third kappa shape index (κ3) is 3.20. The number of hydrogen-bond donors (Lipinski definition) is 1. The molecule has 1 amide bonds. The highest BCUT2D eigenvalue weighted by molar-refractivity contribution is 9.10. The molecule has 144 valence electrons. The first kappa shape index (κ1) is 19.0. The van der Waals surface area contributed by atoms with Gasteiger partial charge >= 0.3 is 0 Å². The van der Waals surface area contributed by atoms with Crippen LogP contribution in [0.5, 0.6) is 0 Å². The molecule has 0 saturated carbocycles. The summed E-state index contributed by atoms with van der Waals surface area (Å²) in [5.41, 5.74) is 4.06. The van der Waals surface area contributed by atoms with E-state index in [2.05, 4.69) is 27.0 Å². The Balaban J connectivity index is 1.95. The van der Waals surface area contributed by atoms with Gasteiger partial charge < -0.3 is 14.6 Å². The van der Waals surface area contributed by atoms with E-state index in [0.717, 1.165) is 32.2 Å². The molecule has 0 fully saturated rings. The van der Waals surface area contributed by atoms with Crippen molar-refractivity contribution in [2.24, 2.45) is 0 Å². The number of alkyl halides is 1. The molecule has 0 saturated heterocycles. The number of amides is 1. The van der Waals surface area contributed by atoms with Crippen molar-refractivity contribution in [3.63, 3.8) is 0 Å². The third-order valence-electron chi connectivity index (χ3n) is 5.19. The molecular formula is C21H18BrClN2O3. The number of ether oxygens (including phenoxy) is 1. The lowest BCUT2D eigenvalue weighted by molar-refractivity contribution is -0.139. The summed E-state index contributed by atoms with van der Waals surface area (Å²) in [5, 5.41) is 1.11. The number of fused-ring (bicyclic) bond motifs is 3. The lowest BCUT2D eigenvalue weighted by Crippen LogP contribution is -2.50. The molecule has 0 bridgehead atoms. The summed E-state index contributed by atoms with van der Waals surface area (Å²) in [6.45, 7) is 0.535. The topological polar surface area (TPSA) is 62.4 Å². The second kappa shape index (κ2) is 7.97. The van der Waals surface area contributed by atoms with Gasteiger partial charge in [0.2, 0.25) is 5.91 Å². The maximum absolute atomic E-state index is 12.9. The highest BCUT2D eigenvalue weighted by Gasteiger charge is 2.40. The number of para-hydroxylation sites is 1. The first-order valence-electron chi connectivity index (χ1n) is 8.92. The Kier molecular flexibility index (Phi) is 5.42. The molecule has 1 aliphatic heterocycles. The molecule has 0 aliphatic carbocycles. The third-order valence-corrected chi connectivity index (χ3v) is 6.14. The Bertz CT molecular complexity index is 1040. The lowest BCUT2D eigenvalue weighted by atomic mass is 9.88. The van der Waals surface area contributed by atoms with Crippen LogP contribution in [-0.4, -0.2) is 40.8 Å². The summed E-state index contributed by atoms with van der Waals surface area (Å²) in [5.74, 6) is -0.347. The molecule has 1 N–H and O–H groups in total. The number of nitrogens with zero attached hydrogens (tertiary/aromatic N) is 1. The van der Waals surface area contributed by atoms with E-state index in [4.69, 9.17) is 16.3 Å². The Morgan fingerprint density at radius 2 is 2.00 bits per heavy atom. The van der Waals surface area contributed by atoms with Crippen molar-refractivity contribution >= 4 is 50.8 Å². The Morgan fingerprint density at radius 1 is 1.25 bits per heavy atom. The van der Waals surface area contributed by atoms with Crippen LogP contribution in [0.2, 0.25) is 0 Å². The summed E-state index contributed by atoms with van der Waals surface area (Å²) >= 11 is 9.59. The lowest BCUT2D eigenvalue weighted by Gasteiger charge is -2.42. The highest BCUT2D eigenvalue weighted by Crippen LogP contribution is 2.42. The second-order valence-electron chi connectivity index (χ2n) is 6.71. The van der Waals surface area contributed by atoms with Gasteiger partial charge in [0, 0.05) is 21.1 Å². The molecular weight excluding hydrogens is 444 g/mol. The molecule has 0 spiro atoms. The van der Waals surface area contributed by atoms with Crippen LogP contribution >= 0.6 is 27.5 Å². The molecule has 0 unspecified atom stereocenters. The zero-order valence-corrected chi connectivity index (χ0v) is 17.2. The predicted octanol–water partition coefficient (Wildman–Crippen LogP) is 4.18. The number of carbonyl (C=O) groups excluding carboxylic acids is 2. The van der Waals surface area contributed by atoms with Crippen LogP contribution in [0.3, 0.4) is 0 Å². The van der Waals surface area contributed by atoms with Crippen LogP contribution in [-0.2, 0) is 20.7 Å². The molecule has 4 rings (SSSR count). The maximum atomic E-state index is 12.9. The van der Waals surface area contributed by atoms with E-state index in [-0.39, 0.29) is 30.5 Å². The SMILES string of the molecule is O=COC[C@H]1Cc2c([nH]c3ccccc23)[C@H](c2ccccc2Br)N1C(=O)CCl. The minimum absolute atomic E-state index is 0.117. The monoisotopic (exact) mass is 460 g/mol.